The van der Waals surface area contributed by atoms with E-state index in [0.717, 1.165) is 22.0 Å². The number of carbonyl (C=O) groups is 1. The highest BCUT2D eigenvalue weighted by Gasteiger charge is 2.30. The molecule has 3 heterocycles. The van der Waals surface area contributed by atoms with Crippen molar-refractivity contribution in [2.45, 2.75) is 19.3 Å². The molecule has 5 nitrogen and oxygen atoms in total. The molecule has 0 spiro atoms. The van der Waals surface area contributed by atoms with E-state index in [1.54, 1.807) is 12.4 Å². The van der Waals surface area contributed by atoms with Crippen LogP contribution in [0.15, 0.2) is 36.7 Å². The van der Waals surface area contributed by atoms with Crippen molar-refractivity contribution in [3.05, 3.63) is 53.3 Å². The summed E-state index contributed by atoms with van der Waals surface area (Å²) in [5.41, 5.74) is 4.32. The molecule has 1 atom stereocenters. The Morgan fingerprint density at radius 2 is 2.19 bits per heavy atom. The molecule has 3 aromatic rings. The summed E-state index contributed by atoms with van der Waals surface area (Å²) in [4.78, 5) is 16.4. The Labute approximate surface area is 121 Å². The Bertz CT molecular complexity index is 852. The summed E-state index contributed by atoms with van der Waals surface area (Å²) in [7, 11) is 0. The minimum atomic E-state index is 0.0112. The van der Waals surface area contributed by atoms with Crippen molar-refractivity contribution >= 4 is 22.6 Å². The summed E-state index contributed by atoms with van der Waals surface area (Å²) in [6, 6.07) is 8.09. The number of hydrogen-bond donors (Lipinski definition) is 2. The Hall–Kier alpha value is -2.69. The number of aryl methyl sites for hydroxylation is 1. The number of rotatable bonds is 1. The number of nitrogens with zero attached hydrogens (tertiary/aromatic N) is 2. The van der Waals surface area contributed by atoms with Crippen LogP contribution in [-0.2, 0) is 4.79 Å². The maximum atomic E-state index is 12.0. The molecule has 0 aliphatic carbocycles. The van der Waals surface area contributed by atoms with Gasteiger partial charge in [0.25, 0.3) is 0 Å². The van der Waals surface area contributed by atoms with E-state index in [9.17, 15) is 4.79 Å². The van der Waals surface area contributed by atoms with Crippen LogP contribution in [0, 0.1) is 6.92 Å². The molecule has 0 bridgehead atoms. The lowest BCUT2D eigenvalue weighted by atomic mass is 9.83. The van der Waals surface area contributed by atoms with Crippen LogP contribution >= 0.6 is 0 Å². The van der Waals surface area contributed by atoms with Gasteiger partial charge in [-0.15, -0.1) is 0 Å². The molecule has 0 saturated heterocycles. The molecule has 0 fully saturated rings. The summed E-state index contributed by atoms with van der Waals surface area (Å²) < 4.78 is 0. The monoisotopic (exact) mass is 278 g/mol. The molecule has 1 aromatic carbocycles. The van der Waals surface area contributed by atoms with Gasteiger partial charge in [0, 0.05) is 29.5 Å². The number of aromatic nitrogens is 3. The molecule has 104 valence electrons. The van der Waals surface area contributed by atoms with Crippen molar-refractivity contribution in [2.24, 2.45) is 0 Å². The van der Waals surface area contributed by atoms with Crippen molar-refractivity contribution in [3.63, 3.8) is 0 Å². The molecule has 5 heteroatoms. The van der Waals surface area contributed by atoms with E-state index in [-0.39, 0.29) is 11.8 Å². The number of nitrogens with one attached hydrogen (secondary N) is 2. The third-order valence-corrected chi connectivity index (χ3v) is 4.09. The summed E-state index contributed by atoms with van der Waals surface area (Å²) in [6.45, 7) is 2.08. The number of hydrogen-bond acceptors (Lipinski definition) is 3. The van der Waals surface area contributed by atoms with Crippen molar-refractivity contribution in [2.75, 3.05) is 5.32 Å². The van der Waals surface area contributed by atoms with E-state index in [0.29, 0.717) is 12.2 Å². The molecule has 0 saturated carbocycles. The van der Waals surface area contributed by atoms with Crippen molar-refractivity contribution in [3.8, 4) is 0 Å². The van der Waals surface area contributed by atoms with E-state index in [2.05, 4.69) is 39.6 Å². The lowest BCUT2D eigenvalue weighted by Crippen LogP contribution is -2.23. The second-order valence-corrected chi connectivity index (χ2v) is 5.37. The summed E-state index contributed by atoms with van der Waals surface area (Å²) in [5.74, 6) is 0.731. The van der Waals surface area contributed by atoms with Crippen LogP contribution < -0.4 is 5.32 Å². The van der Waals surface area contributed by atoms with Crippen LogP contribution in [0.4, 0.5) is 5.82 Å². The first kappa shape index (κ1) is 12.1. The molecule has 2 aromatic heterocycles. The Morgan fingerprint density at radius 1 is 1.29 bits per heavy atom. The lowest BCUT2D eigenvalue weighted by molar-refractivity contribution is -0.116. The number of pyridine rings is 1. The first-order valence-corrected chi connectivity index (χ1v) is 6.91. The fraction of sp³-hybridized carbons (Fsp3) is 0.188. The minimum Gasteiger partial charge on any atom is -0.311 e. The van der Waals surface area contributed by atoms with Crippen LogP contribution in [0.3, 0.4) is 0 Å². The highest BCUT2D eigenvalue weighted by atomic mass is 16.1. The van der Waals surface area contributed by atoms with Crippen molar-refractivity contribution < 1.29 is 4.79 Å². The van der Waals surface area contributed by atoms with E-state index in [4.69, 9.17) is 0 Å². The number of fused-ring (bicyclic) bond motifs is 2. The molecule has 21 heavy (non-hydrogen) atoms. The zero-order valence-electron chi connectivity index (χ0n) is 11.6. The van der Waals surface area contributed by atoms with E-state index in [1.165, 1.54) is 5.56 Å². The van der Waals surface area contributed by atoms with Gasteiger partial charge in [0.2, 0.25) is 5.91 Å². The first-order chi connectivity index (χ1) is 10.2. The maximum Gasteiger partial charge on any atom is 0.226 e. The van der Waals surface area contributed by atoms with Gasteiger partial charge in [-0.25, -0.2) is 0 Å². The molecular formula is C16H14N4O. The predicted molar refractivity (Wildman–Crippen MR) is 80.2 cm³/mol. The quantitative estimate of drug-likeness (QED) is 0.719. The van der Waals surface area contributed by atoms with Crippen LogP contribution in [-0.4, -0.2) is 21.1 Å². The van der Waals surface area contributed by atoms with Gasteiger partial charge in [0.1, 0.15) is 5.82 Å². The van der Waals surface area contributed by atoms with Crippen molar-refractivity contribution in [1.82, 2.24) is 15.2 Å². The SMILES string of the molecule is Cc1ccc2ncccc2c1C1CC(=O)Nc2[nH]ncc21. The van der Waals surface area contributed by atoms with Gasteiger partial charge in [0.15, 0.2) is 0 Å². The van der Waals surface area contributed by atoms with Gasteiger partial charge < -0.3 is 5.32 Å². The lowest BCUT2D eigenvalue weighted by Gasteiger charge is -2.25. The second kappa shape index (κ2) is 4.41. The van der Waals surface area contributed by atoms with E-state index < -0.39 is 0 Å². The number of amides is 1. The minimum absolute atomic E-state index is 0.0112. The number of anilines is 1. The van der Waals surface area contributed by atoms with Gasteiger partial charge in [-0.05, 0) is 30.2 Å². The fourth-order valence-electron chi connectivity index (χ4n) is 3.15. The molecule has 2 N–H and O–H groups in total. The Kier molecular flexibility index (Phi) is 2.54. The molecule has 1 unspecified atom stereocenters. The fourth-order valence-corrected chi connectivity index (χ4v) is 3.15. The van der Waals surface area contributed by atoms with Crippen molar-refractivity contribution in [1.29, 1.82) is 0 Å². The molecule has 1 amide bonds. The Morgan fingerprint density at radius 3 is 3.10 bits per heavy atom. The molecule has 0 radical (unpaired) electrons. The second-order valence-electron chi connectivity index (χ2n) is 5.37. The Balaban J connectivity index is 1.99. The largest absolute Gasteiger partial charge is 0.311 e. The molecule has 1 aliphatic rings. The number of carbonyl (C=O) groups excluding carboxylic acids is 1. The normalized spacial score (nSPS) is 17.6. The van der Waals surface area contributed by atoms with Gasteiger partial charge in [0.05, 0.1) is 11.7 Å². The van der Waals surface area contributed by atoms with Crippen LogP contribution in [0.1, 0.15) is 29.0 Å². The van der Waals surface area contributed by atoms with Crippen LogP contribution in [0.2, 0.25) is 0 Å². The molecular weight excluding hydrogens is 264 g/mol. The average Bonchev–Trinajstić information content (AvgIpc) is 2.94. The highest BCUT2D eigenvalue weighted by Crippen LogP contribution is 2.39. The summed E-state index contributed by atoms with van der Waals surface area (Å²) >= 11 is 0. The molecule has 4 rings (SSSR count). The van der Waals surface area contributed by atoms with E-state index >= 15 is 0 Å². The number of benzene rings is 1. The third-order valence-electron chi connectivity index (χ3n) is 4.09. The van der Waals surface area contributed by atoms with Gasteiger partial charge in [-0.2, -0.15) is 5.10 Å². The average molecular weight is 278 g/mol. The predicted octanol–water partition coefficient (Wildman–Crippen LogP) is 2.74. The summed E-state index contributed by atoms with van der Waals surface area (Å²) in [6.07, 6.45) is 4.02. The van der Waals surface area contributed by atoms with Crippen LogP contribution in [0.25, 0.3) is 10.9 Å². The molecule has 1 aliphatic heterocycles. The zero-order chi connectivity index (χ0) is 14.4. The zero-order valence-corrected chi connectivity index (χ0v) is 11.6. The maximum absolute atomic E-state index is 12.0. The van der Waals surface area contributed by atoms with E-state index in [1.807, 2.05) is 12.1 Å². The topological polar surface area (TPSA) is 70.7 Å². The van der Waals surface area contributed by atoms with Crippen LogP contribution in [0.5, 0.6) is 0 Å². The van der Waals surface area contributed by atoms with Gasteiger partial charge >= 0.3 is 0 Å². The first-order valence-electron chi connectivity index (χ1n) is 6.91. The number of H-pyrrole nitrogens is 1. The summed E-state index contributed by atoms with van der Waals surface area (Å²) in [5, 5.41) is 10.9. The van der Waals surface area contributed by atoms with Gasteiger partial charge in [-0.3, -0.25) is 14.9 Å². The smallest absolute Gasteiger partial charge is 0.226 e. The highest BCUT2D eigenvalue weighted by molar-refractivity contribution is 5.95. The van der Waals surface area contributed by atoms with Gasteiger partial charge in [-0.1, -0.05) is 12.1 Å². The number of aromatic amines is 1. The third kappa shape index (κ3) is 1.81. The standard InChI is InChI=1S/C16H14N4O/c1-9-4-5-13-10(3-2-6-17-13)15(9)11-7-14(21)19-16-12(11)8-18-20-16/h2-6,8,11H,7H2,1H3,(H2,18,19,20,21).